The summed E-state index contributed by atoms with van der Waals surface area (Å²) in [6, 6.07) is 2.84. The molecule has 0 heterocycles. The van der Waals surface area contributed by atoms with Gasteiger partial charge in [0.2, 0.25) is 0 Å². The zero-order valence-corrected chi connectivity index (χ0v) is 12.7. The lowest BCUT2D eigenvalue weighted by Crippen LogP contribution is -2.06. The van der Waals surface area contributed by atoms with Gasteiger partial charge in [-0.05, 0) is 12.8 Å². The summed E-state index contributed by atoms with van der Waals surface area (Å²) in [6.07, 6.45) is 2.51. The summed E-state index contributed by atoms with van der Waals surface area (Å²) in [4.78, 5) is 0. The van der Waals surface area contributed by atoms with E-state index in [1.807, 2.05) is 0 Å². The van der Waals surface area contributed by atoms with Crippen LogP contribution in [0.4, 0.5) is 0 Å². The third kappa shape index (κ3) is 12.4. The van der Waals surface area contributed by atoms with E-state index >= 15 is 0 Å². The lowest BCUT2D eigenvalue weighted by Gasteiger charge is -2.04. The lowest BCUT2D eigenvalue weighted by molar-refractivity contribution is 0.0483. The number of hydrogen-bond acceptors (Lipinski definition) is 2. The van der Waals surface area contributed by atoms with Gasteiger partial charge < -0.3 is 9.47 Å². The molecule has 0 fully saturated rings. The normalized spacial score (nSPS) is 12.4. The standard InChI is InChI=1S/C10H26O2Si2/c1-13-9-3-5-11-7-8-12-6-4-10-14-2/h3-10,13-14H2,1-2H3. The van der Waals surface area contributed by atoms with Crippen LogP contribution in [0.3, 0.4) is 0 Å². The SMILES string of the molecule is C[SiH2]CCCOCCOCCC[SiH2]C. The van der Waals surface area contributed by atoms with Crippen LogP contribution in [0.2, 0.25) is 25.2 Å². The van der Waals surface area contributed by atoms with Crippen LogP contribution in [0, 0.1) is 0 Å². The molecule has 0 aromatic rings. The summed E-state index contributed by atoms with van der Waals surface area (Å²) in [5.74, 6) is 0. The van der Waals surface area contributed by atoms with Crippen molar-refractivity contribution in [1.29, 1.82) is 0 Å². The Balaban J connectivity index is 2.78. The average Bonchev–Trinajstić information content (AvgIpc) is 2.21. The maximum atomic E-state index is 5.45. The fourth-order valence-electron chi connectivity index (χ4n) is 1.23. The first-order chi connectivity index (χ1) is 6.91. The van der Waals surface area contributed by atoms with Crippen molar-refractivity contribution in [1.82, 2.24) is 0 Å². The molecule has 0 spiro atoms. The molecule has 0 aliphatic rings. The first-order valence-corrected chi connectivity index (χ1v) is 10.9. The van der Waals surface area contributed by atoms with Gasteiger partial charge in [-0.2, -0.15) is 0 Å². The molecule has 0 aliphatic heterocycles. The van der Waals surface area contributed by atoms with E-state index in [1.165, 1.54) is 24.9 Å². The van der Waals surface area contributed by atoms with Crippen LogP contribution in [-0.4, -0.2) is 45.5 Å². The Bertz CT molecular complexity index is 90.1. The second-order valence-electron chi connectivity index (χ2n) is 3.64. The Hall–Kier alpha value is 0.354. The molecule has 14 heavy (non-hydrogen) atoms. The molecule has 0 aliphatic carbocycles. The summed E-state index contributed by atoms with van der Waals surface area (Å²) in [7, 11) is 0.506. The topological polar surface area (TPSA) is 18.5 Å². The van der Waals surface area contributed by atoms with Crippen molar-refractivity contribution in [2.24, 2.45) is 0 Å². The van der Waals surface area contributed by atoms with Crippen LogP contribution in [0.15, 0.2) is 0 Å². The minimum absolute atomic E-state index is 0.253. The van der Waals surface area contributed by atoms with E-state index in [2.05, 4.69) is 13.1 Å². The smallest absolute Gasteiger partial charge is 0.0700 e. The van der Waals surface area contributed by atoms with Crippen molar-refractivity contribution < 1.29 is 9.47 Å². The van der Waals surface area contributed by atoms with Crippen LogP contribution in [0.5, 0.6) is 0 Å². The number of rotatable bonds is 11. The Morgan fingerprint density at radius 3 is 1.50 bits per heavy atom. The van der Waals surface area contributed by atoms with Crippen molar-refractivity contribution in [2.45, 2.75) is 38.0 Å². The highest BCUT2D eigenvalue weighted by atomic mass is 28.2. The Morgan fingerprint density at radius 2 is 1.14 bits per heavy atom. The molecule has 0 unspecified atom stereocenters. The van der Waals surface area contributed by atoms with E-state index in [0.29, 0.717) is 0 Å². The van der Waals surface area contributed by atoms with E-state index in [0.717, 1.165) is 26.4 Å². The van der Waals surface area contributed by atoms with Crippen LogP contribution < -0.4 is 0 Å². The predicted molar refractivity (Wildman–Crippen MR) is 69.3 cm³/mol. The molecule has 0 amide bonds. The molecule has 0 N–H and O–H groups in total. The van der Waals surface area contributed by atoms with Crippen LogP contribution >= 0.6 is 0 Å². The molecular weight excluding hydrogens is 208 g/mol. The fourth-order valence-corrected chi connectivity index (χ4v) is 2.64. The van der Waals surface area contributed by atoms with Crippen molar-refractivity contribution in [3.05, 3.63) is 0 Å². The second kappa shape index (κ2) is 13.4. The van der Waals surface area contributed by atoms with Gasteiger partial charge in [-0.25, -0.2) is 0 Å². The average molecular weight is 234 g/mol. The van der Waals surface area contributed by atoms with Gasteiger partial charge in [0.1, 0.15) is 0 Å². The molecule has 0 saturated heterocycles. The second-order valence-corrected chi connectivity index (χ2v) is 7.05. The van der Waals surface area contributed by atoms with E-state index < -0.39 is 0 Å². The summed E-state index contributed by atoms with van der Waals surface area (Å²) in [6.45, 7) is 8.14. The van der Waals surface area contributed by atoms with Gasteiger partial charge in [-0.3, -0.25) is 0 Å². The van der Waals surface area contributed by atoms with Crippen LogP contribution in [0.1, 0.15) is 12.8 Å². The Morgan fingerprint density at radius 1 is 0.714 bits per heavy atom. The van der Waals surface area contributed by atoms with Crippen LogP contribution in [0.25, 0.3) is 0 Å². The quantitative estimate of drug-likeness (QED) is 0.393. The molecule has 0 rings (SSSR count). The minimum Gasteiger partial charge on any atom is -0.379 e. The third-order valence-electron chi connectivity index (χ3n) is 2.16. The highest BCUT2D eigenvalue weighted by molar-refractivity contribution is 6.33. The molecule has 0 aromatic heterocycles. The highest BCUT2D eigenvalue weighted by Gasteiger charge is 1.90. The third-order valence-corrected chi connectivity index (χ3v) is 4.57. The van der Waals surface area contributed by atoms with Crippen molar-refractivity contribution in [3.63, 3.8) is 0 Å². The van der Waals surface area contributed by atoms with E-state index in [1.54, 1.807) is 0 Å². The highest BCUT2D eigenvalue weighted by Crippen LogP contribution is 1.91. The summed E-state index contributed by atoms with van der Waals surface area (Å²) < 4.78 is 10.9. The van der Waals surface area contributed by atoms with Gasteiger partial charge in [0.05, 0.1) is 13.2 Å². The molecule has 0 atom stereocenters. The maximum absolute atomic E-state index is 5.45. The first-order valence-electron chi connectivity index (χ1n) is 6.07. The van der Waals surface area contributed by atoms with Gasteiger partial charge in [0.15, 0.2) is 0 Å². The fraction of sp³-hybridized carbons (Fsp3) is 1.00. The Labute approximate surface area is 93.4 Å². The van der Waals surface area contributed by atoms with E-state index in [4.69, 9.17) is 9.47 Å². The molecule has 86 valence electrons. The predicted octanol–water partition coefficient (Wildman–Crippen LogP) is 1.07. The molecule has 2 nitrogen and oxygen atoms in total. The molecule has 0 saturated carbocycles. The zero-order valence-electron chi connectivity index (χ0n) is 9.89. The van der Waals surface area contributed by atoms with Gasteiger partial charge in [0, 0.05) is 32.3 Å². The van der Waals surface area contributed by atoms with E-state index in [-0.39, 0.29) is 19.0 Å². The Kier molecular flexibility index (Phi) is 13.7. The summed E-state index contributed by atoms with van der Waals surface area (Å²) >= 11 is 0. The number of hydrogen-bond donors (Lipinski definition) is 0. The first kappa shape index (κ1) is 14.4. The minimum atomic E-state index is 0.253. The van der Waals surface area contributed by atoms with Crippen LogP contribution in [-0.2, 0) is 9.47 Å². The van der Waals surface area contributed by atoms with Gasteiger partial charge in [-0.1, -0.05) is 25.2 Å². The summed E-state index contributed by atoms with van der Waals surface area (Å²) in [5, 5.41) is 0. The largest absolute Gasteiger partial charge is 0.379 e. The summed E-state index contributed by atoms with van der Waals surface area (Å²) in [5.41, 5.74) is 0. The zero-order chi connectivity index (χ0) is 10.5. The lowest BCUT2D eigenvalue weighted by atomic mass is 10.5. The van der Waals surface area contributed by atoms with Crippen molar-refractivity contribution >= 4 is 19.0 Å². The van der Waals surface area contributed by atoms with E-state index in [9.17, 15) is 0 Å². The monoisotopic (exact) mass is 234 g/mol. The van der Waals surface area contributed by atoms with Gasteiger partial charge >= 0.3 is 0 Å². The number of ether oxygens (including phenoxy) is 2. The molecule has 0 aromatic carbocycles. The maximum Gasteiger partial charge on any atom is 0.0700 e. The van der Waals surface area contributed by atoms with Crippen molar-refractivity contribution in [2.75, 3.05) is 26.4 Å². The molecule has 0 radical (unpaired) electrons. The van der Waals surface area contributed by atoms with Gasteiger partial charge in [0.25, 0.3) is 0 Å². The molecular formula is C10H26O2Si2. The van der Waals surface area contributed by atoms with Crippen molar-refractivity contribution in [3.8, 4) is 0 Å². The molecule has 0 bridgehead atoms. The molecule has 4 heteroatoms. The van der Waals surface area contributed by atoms with Gasteiger partial charge in [-0.15, -0.1) is 0 Å².